The van der Waals surface area contributed by atoms with Crippen molar-refractivity contribution in [2.24, 2.45) is 0 Å². The topological polar surface area (TPSA) is 50.3 Å². The second-order valence-corrected chi connectivity index (χ2v) is 9.24. The van der Waals surface area contributed by atoms with E-state index in [1.807, 2.05) is 42.5 Å². The van der Waals surface area contributed by atoms with Gasteiger partial charge >= 0.3 is 0 Å². The third-order valence-corrected chi connectivity index (χ3v) is 7.13. The summed E-state index contributed by atoms with van der Waals surface area (Å²) in [5.41, 5.74) is 5.57. The van der Waals surface area contributed by atoms with E-state index >= 15 is 0 Å². The average molecular weight is 463 g/mol. The third kappa shape index (κ3) is 4.14. The molecule has 1 aromatic heterocycles. The number of hydrogen-bond acceptors (Lipinski definition) is 3. The first-order chi connectivity index (χ1) is 17.1. The van der Waals surface area contributed by atoms with E-state index in [9.17, 15) is 9.59 Å². The molecule has 1 aliphatic heterocycles. The lowest BCUT2D eigenvalue weighted by molar-refractivity contribution is 0.0524. The van der Waals surface area contributed by atoms with Crippen molar-refractivity contribution < 1.29 is 9.59 Å². The van der Waals surface area contributed by atoms with Crippen LogP contribution in [0.4, 0.5) is 0 Å². The van der Waals surface area contributed by atoms with Crippen molar-refractivity contribution in [3.63, 3.8) is 0 Å². The number of pyridine rings is 1. The quantitative estimate of drug-likeness (QED) is 0.201. The summed E-state index contributed by atoms with van der Waals surface area (Å²) in [6, 6.07) is 22.0. The molecule has 35 heavy (non-hydrogen) atoms. The SMILES string of the molecule is CCCCCC(CC)N1C(=O)c2cccc3c(-c4ccc(-c5ccncc5)cc4)ccc(c23)C1=O. The van der Waals surface area contributed by atoms with Crippen LogP contribution < -0.4 is 0 Å². The molecule has 0 N–H and O–H groups in total. The highest BCUT2D eigenvalue weighted by Gasteiger charge is 2.36. The second kappa shape index (κ2) is 9.83. The molecule has 0 bridgehead atoms. The highest BCUT2D eigenvalue weighted by Crippen LogP contribution is 2.38. The van der Waals surface area contributed by atoms with E-state index in [4.69, 9.17) is 0 Å². The van der Waals surface area contributed by atoms with E-state index in [1.54, 1.807) is 12.4 Å². The van der Waals surface area contributed by atoms with Crippen molar-refractivity contribution in [1.82, 2.24) is 9.88 Å². The molecule has 4 nitrogen and oxygen atoms in total. The van der Waals surface area contributed by atoms with Gasteiger partial charge in [-0.2, -0.15) is 0 Å². The van der Waals surface area contributed by atoms with Gasteiger partial charge in [0, 0.05) is 34.9 Å². The molecule has 5 rings (SSSR count). The molecule has 1 unspecified atom stereocenters. The van der Waals surface area contributed by atoms with Gasteiger partial charge in [0.2, 0.25) is 0 Å². The average Bonchev–Trinajstić information content (AvgIpc) is 2.91. The number of carbonyl (C=O) groups is 2. The molecule has 3 aromatic carbocycles. The number of rotatable bonds is 8. The smallest absolute Gasteiger partial charge is 0.261 e. The Bertz CT molecular complexity index is 1350. The summed E-state index contributed by atoms with van der Waals surface area (Å²) in [7, 11) is 0. The van der Waals surface area contributed by atoms with Crippen LogP contribution in [0.3, 0.4) is 0 Å². The van der Waals surface area contributed by atoms with Gasteiger partial charge in [0.15, 0.2) is 0 Å². The maximum atomic E-state index is 13.6. The molecule has 0 radical (unpaired) electrons. The molecule has 176 valence electrons. The minimum Gasteiger partial charge on any atom is -0.271 e. The lowest BCUT2D eigenvalue weighted by atomic mass is 9.87. The standard InChI is InChI=1S/C31H30N2O2/c1-3-5-6-8-24(4-2)33-30(34)27-10-7-9-26-25(15-16-28(29(26)27)31(33)35)23-13-11-21(12-14-23)22-17-19-32-20-18-22/h7,9-20,24H,3-6,8H2,1-2H3. The zero-order valence-corrected chi connectivity index (χ0v) is 20.3. The highest BCUT2D eigenvalue weighted by molar-refractivity contribution is 6.27. The minimum absolute atomic E-state index is 0.0645. The van der Waals surface area contributed by atoms with Crippen LogP contribution in [0.5, 0.6) is 0 Å². The maximum absolute atomic E-state index is 13.6. The Kier molecular flexibility index (Phi) is 6.45. The van der Waals surface area contributed by atoms with Gasteiger partial charge in [-0.25, -0.2) is 0 Å². The second-order valence-electron chi connectivity index (χ2n) is 9.24. The summed E-state index contributed by atoms with van der Waals surface area (Å²) in [5, 5.41) is 1.72. The van der Waals surface area contributed by atoms with Crippen LogP contribution in [0.25, 0.3) is 33.0 Å². The Morgan fingerprint density at radius 3 is 2.03 bits per heavy atom. The zero-order chi connectivity index (χ0) is 24.4. The van der Waals surface area contributed by atoms with Gasteiger partial charge in [-0.05, 0) is 64.7 Å². The molecule has 1 aliphatic rings. The number of hydrogen-bond donors (Lipinski definition) is 0. The largest absolute Gasteiger partial charge is 0.271 e. The van der Waals surface area contributed by atoms with E-state index in [0.717, 1.165) is 65.1 Å². The summed E-state index contributed by atoms with van der Waals surface area (Å²) < 4.78 is 0. The summed E-state index contributed by atoms with van der Waals surface area (Å²) in [6.07, 6.45) is 8.47. The van der Waals surface area contributed by atoms with Crippen LogP contribution in [0.1, 0.15) is 66.7 Å². The Hall–Kier alpha value is -3.79. The first kappa shape index (κ1) is 23.0. The van der Waals surface area contributed by atoms with Crippen LogP contribution in [-0.4, -0.2) is 27.7 Å². The van der Waals surface area contributed by atoms with Crippen molar-refractivity contribution in [2.45, 2.75) is 52.0 Å². The predicted octanol–water partition coefficient (Wildman–Crippen LogP) is 7.52. The number of nitrogens with zero attached hydrogens (tertiary/aromatic N) is 2. The molecule has 0 aliphatic carbocycles. The van der Waals surface area contributed by atoms with E-state index in [1.165, 1.54) is 4.90 Å². The maximum Gasteiger partial charge on any atom is 0.261 e. The Morgan fingerprint density at radius 2 is 1.34 bits per heavy atom. The van der Waals surface area contributed by atoms with Gasteiger partial charge in [0.1, 0.15) is 0 Å². The van der Waals surface area contributed by atoms with Crippen molar-refractivity contribution in [2.75, 3.05) is 0 Å². The van der Waals surface area contributed by atoms with E-state index < -0.39 is 0 Å². The van der Waals surface area contributed by atoms with Crippen LogP contribution in [-0.2, 0) is 0 Å². The number of benzene rings is 3. The fourth-order valence-corrected chi connectivity index (χ4v) is 5.23. The Morgan fingerprint density at radius 1 is 0.714 bits per heavy atom. The van der Waals surface area contributed by atoms with Gasteiger partial charge < -0.3 is 0 Å². The predicted molar refractivity (Wildman–Crippen MR) is 141 cm³/mol. The van der Waals surface area contributed by atoms with Crippen molar-refractivity contribution in [3.8, 4) is 22.3 Å². The van der Waals surface area contributed by atoms with E-state index in [2.05, 4.69) is 43.1 Å². The Balaban J connectivity index is 1.55. The first-order valence-corrected chi connectivity index (χ1v) is 12.6. The lowest BCUT2D eigenvalue weighted by Gasteiger charge is -2.34. The van der Waals surface area contributed by atoms with Gasteiger partial charge in [-0.3, -0.25) is 19.5 Å². The number of aromatic nitrogens is 1. The van der Waals surface area contributed by atoms with E-state index in [0.29, 0.717) is 11.1 Å². The summed E-state index contributed by atoms with van der Waals surface area (Å²) >= 11 is 0. The fourth-order valence-electron chi connectivity index (χ4n) is 5.23. The molecule has 0 spiro atoms. The van der Waals surface area contributed by atoms with Gasteiger partial charge in [0.05, 0.1) is 0 Å². The number of imide groups is 1. The third-order valence-electron chi connectivity index (χ3n) is 7.13. The molecule has 1 atom stereocenters. The molecular weight excluding hydrogens is 432 g/mol. The van der Waals surface area contributed by atoms with Crippen molar-refractivity contribution in [1.29, 1.82) is 0 Å². The molecule has 4 aromatic rings. The molecule has 0 saturated carbocycles. The van der Waals surface area contributed by atoms with Crippen LogP contribution in [0, 0.1) is 0 Å². The van der Waals surface area contributed by atoms with Gasteiger partial charge in [-0.15, -0.1) is 0 Å². The minimum atomic E-state index is -0.165. The van der Waals surface area contributed by atoms with Crippen LogP contribution in [0.2, 0.25) is 0 Å². The van der Waals surface area contributed by atoms with Crippen LogP contribution >= 0.6 is 0 Å². The molecule has 0 saturated heterocycles. The molecule has 2 heterocycles. The fraction of sp³-hybridized carbons (Fsp3) is 0.258. The van der Waals surface area contributed by atoms with E-state index in [-0.39, 0.29) is 17.9 Å². The number of unbranched alkanes of at least 4 members (excludes halogenated alkanes) is 2. The normalized spacial score (nSPS) is 13.9. The molecule has 0 fully saturated rings. The summed E-state index contributed by atoms with van der Waals surface area (Å²) in [6.45, 7) is 4.23. The number of amides is 2. The van der Waals surface area contributed by atoms with Gasteiger partial charge in [-0.1, -0.05) is 75.6 Å². The van der Waals surface area contributed by atoms with Crippen molar-refractivity contribution in [3.05, 3.63) is 90.3 Å². The van der Waals surface area contributed by atoms with Crippen molar-refractivity contribution >= 4 is 22.6 Å². The van der Waals surface area contributed by atoms with Crippen LogP contribution in [0.15, 0.2) is 79.1 Å². The lowest BCUT2D eigenvalue weighted by Crippen LogP contribution is -2.46. The molecular formula is C31H30N2O2. The Labute approximate surface area is 206 Å². The zero-order valence-electron chi connectivity index (χ0n) is 20.3. The molecule has 4 heteroatoms. The number of carbonyl (C=O) groups excluding carboxylic acids is 2. The molecule has 2 amide bonds. The summed E-state index contributed by atoms with van der Waals surface area (Å²) in [4.78, 5) is 32.8. The monoisotopic (exact) mass is 462 g/mol. The highest BCUT2D eigenvalue weighted by atomic mass is 16.2. The summed E-state index contributed by atoms with van der Waals surface area (Å²) in [5.74, 6) is -0.330. The first-order valence-electron chi connectivity index (χ1n) is 12.6. The van der Waals surface area contributed by atoms with Gasteiger partial charge in [0.25, 0.3) is 11.8 Å².